The van der Waals surface area contributed by atoms with Gasteiger partial charge in [-0.2, -0.15) is 0 Å². The summed E-state index contributed by atoms with van der Waals surface area (Å²) in [4.78, 5) is 30.5. The average molecular weight is 384 g/mol. The van der Waals surface area contributed by atoms with E-state index in [0.29, 0.717) is 19.0 Å². The monoisotopic (exact) mass is 383 g/mol. The Morgan fingerprint density at radius 1 is 1.18 bits per heavy atom. The molecule has 3 aliphatic rings. The molecule has 1 aromatic carbocycles. The van der Waals surface area contributed by atoms with Crippen molar-refractivity contribution in [2.24, 2.45) is 0 Å². The average Bonchev–Trinajstić information content (AvgIpc) is 3.32. The lowest BCUT2D eigenvalue weighted by Gasteiger charge is -2.44. The molecule has 1 N–H and O–H groups in total. The van der Waals surface area contributed by atoms with E-state index in [1.54, 1.807) is 0 Å². The first kappa shape index (κ1) is 19.4. The molecule has 1 aliphatic carbocycles. The largest absolute Gasteiger partial charge is 0.354 e. The van der Waals surface area contributed by atoms with Gasteiger partial charge in [0, 0.05) is 31.1 Å². The van der Waals surface area contributed by atoms with Crippen LogP contribution in [-0.2, 0) is 11.3 Å². The van der Waals surface area contributed by atoms with E-state index in [0.717, 1.165) is 56.4 Å². The maximum Gasteiger partial charge on any atom is 0.254 e. The summed E-state index contributed by atoms with van der Waals surface area (Å²) in [6.45, 7) is 5.76. The Morgan fingerprint density at radius 2 is 1.96 bits per heavy atom. The fourth-order valence-corrected chi connectivity index (χ4v) is 5.53. The summed E-state index contributed by atoms with van der Waals surface area (Å²) >= 11 is 0. The van der Waals surface area contributed by atoms with Gasteiger partial charge >= 0.3 is 0 Å². The van der Waals surface area contributed by atoms with Gasteiger partial charge in [-0.25, -0.2) is 0 Å². The van der Waals surface area contributed by atoms with Crippen molar-refractivity contribution in [1.29, 1.82) is 0 Å². The molecule has 2 aliphatic heterocycles. The van der Waals surface area contributed by atoms with Gasteiger partial charge in [-0.05, 0) is 50.4 Å². The number of carbonyl (C=O) groups excluding carboxylic acids is 2. The first-order valence-corrected chi connectivity index (χ1v) is 11.0. The summed E-state index contributed by atoms with van der Waals surface area (Å²) in [6, 6.07) is 8.36. The molecule has 1 aromatic rings. The molecule has 5 heteroatoms. The van der Waals surface area contributed by atoms with E-state index in [1.165, 1.54) is 19.3 Å². The number of hydrogen-bond donors (Lipinski definition) is 1. The molecule has 0 spiro atoms. The molecule has 1 saturated carbocycles. The molecule has 1 saturated heterocycles. The Morgan fingerprint density at radius 3 is 2.71 bits per heavy atom. The molecule has 5 nitrogen and oxygen atoms in total. The van der Waals surface area contributed by atoms with Crippen molar-refractivity contribution in [2.45, 2.75) is 76.4 Å². The Balaban J connectivity index is 1.44. The third kappa shape index (κ3) is 3.69. The summed E-state index contributed by atoms with van der Waals surface area (Å²) in [5.41, 5.74) is 1.60. The number of benzene rings is 1. The number of rotatable bonds is 6. The van der Waals surface area contributed by atoms with Gasteiger partial charge in [0.15, 0.2) is 0 Å². The number of amides is 2. The SMILES string of the molecule is CCN1CCCC1CNC(=O)CC1(N2Cc3ccccc3C2=O)CCCCC1. The lowest BCUT2D eigenvalue weighted by molar-refractivity contribution is -0.124. The van der Waals surface area contributed by atoms with Crippen molar-refractivity contribution in [3.8, 4) is 0 Å². The van der Waals surface area contributed by atoms with Gasteiger partial charge in [0.2, 0.25) is 5.91 Å². The highest BCUT2D eigenvalue weighted by Crippen LogP contribution is 2.41. The molecule has 0 aromatic heterocycles. The summed E-state index contributed by atoms with van der Waals surface area (Å²) in [5, 5.41) is 3.20. The van der Waals surface area contributed by atoms with E-state index in [4.69, 9.17) is 0 Å². The minimum Gasteiger partial charge on any atom is -0.354 e. The van der Waals surface area contributed by atoms with Crippen LogP contribution in [0.1, 0.15) is 74.2 Å². The van der Waals surface area contributed by atoms with Crippen molar-refractivity contribution >= 4 is 11.8 Å². The number of fused-ring (bicyclic) bond motifs is 1. The van der Waals surface area contributed by atoms with Crippen LogP contribution in [0.25, 0.3) is 0 Å². The van der Waals surface area contributed by atoms with E-state index in [1.807, 2.05) is 29.2 Å². The van der Waals surface area contributed by atoms with Crippen LogP contribution in [0.4, 0.5) is 0 Å². The fourth-order valence-electron chi connectivity index (χ4n) is 5.53. The predicted octanol–water partition coefficient (Wildman–Crippen LogP) is 3.34. The predicted molar refractivity (Wildman–Crippen MR) is 110 cm³/mol. The molecule has 1 unspecified atom stereocenters. The fraction of sp³-hybridized carbons (Fsp3) is 0.652. The molecule has 2 fully saturated rings. The summed E-state index contributed by atoms with van der Waals surface area (Å²) in [6.07, 6.45) is 8.09. The lowest BCUT2D eigenvalue weighted by Crippen LogP contribution is -2.53. The molecule has 1 atom stereocenters. The van der Waals surface area contributed by atoms with Crippen molar-refractivity contribution in [2.75, 3.05) is 19.6 Å². The highest BCUT2D eigenvalue weighted by Gasteiger charge is 2.45. The lowest BCUT2D eigenvalue weighted by atomic mass is 9.77. The van der Waals surface area contributed by atoms with E-state index in [9.17, 15) is 9.59 Å². The van der Waals surface area contributed by atoms with Crippen molar-refractivity contribution < 1.29 is 9.59 Å². The molecule has 2 amide bonds. The van der Waals surface area contributed by atoms with Crippen LogP contribution in [0.3, 0.4) is 0 Å². The van der Waals surface area contributed by atoms with Crippen molar-refractivity contribution in [1.82, 2.24) is 15.1 Å². The van der Waals surface area contributed by atoms with E-state index in [2.05, 4.69) is 17.1 Å². The molecule has 0 radical (unpaired) electrons. The molecule has 0 bridgehead atoms. The van der Waals surface area contributed by atoms with Gasteiger partial charge in [-0.1, -0.05) is 44.4 Å². The van der Waals surface area contributed by atoms with Crippen LogP contribution in [0.5, 0.6) is 0 Å². The third-order valence-electron chi connectivity index (χ3n) is 7.11. The highest BCUT2D eigenvalue weighted by atomic mass is 16.2. The zero-order valence-corrected chi connectivity index (χ0v) is 17.1. The van der Waals surface area contributed by atoms with E-state index < -0.39 is 0 Å². The van der Waals surface area contributed by atoms with Crippen LogP contribution in [0.2, 0.25) is 0 Å². The summed E-state index contributed by atoms with van der Waals surface area (Å²) in [5.74, 6) is 0.215. The minimum atomic E-state index is -0.321. The number of nitrogens with one attached hydrogen (secondary N) is 1. The minimum absolute atomic E-state index is 0.105. The Labute approximate surface area is 168 Å². The van der Waals surface area contributed by atoms with Gasteiger partial charge in [0.25, 0.3) is 5.91 Å². The first-order valence-electron chi connectivity index (χ1n) is 11.0. The molecule has 152 valence electrons. The first-order chi connectivity index (χ1) is 13.6. The molecular formula is C23H33N3O2. The summed E-state index contributed by atoms with van der Waals surface area (Å²) in [7, 11) is 0. The highest BCUT2D eigenvalue weighted by molar-refractivity contribution is 5.99. The third-order valence-corrected chi connectivity index (χ3v) is 7.11. The van der Waals surface area contributed by atoms with Crippen LogP contribution in [0, 0.1) is 0 Å². The van der Waals surface area contributed by atoms with Gasteiger partial charge < -0.3 is 10.2 Å². The van der Waals surface area contributed by atoms with Crippen molar-refractivity contribution in [3.63, 3.8) is 0 Å². The maximum atomic E-state index is 13.1. The molecule has 2 heterocycles. The smallest absolute Gasteiger partial charge is 0.254 e. The number of likely N-dealkylation sites (N-methyl/N-ethyl adjacent to an activating group) is 1. The zero-order chi connectivity index (χ0) is 19.6. The van der Waals surface area contributed by atoms with E-state index in [-0.39, 0.29) is 17.4 Å². The topological polar surface area (TPSA) is 52.7 Å². The summed E-state index contributed by atoms with van der Waals surface area (Å²) < 4.78 is 0. The quantitative estimate of drug-likeness (QED) is 0.820. The second kappa shape index (κ2) is 8.24. The van der Waals surface area contributed by atoms with Crippen LogP contribution < -0.4 is 5.32 Å². The Hall–Kier alpha value is -1.88. The normalized spacial score (nSPS) is 24.4. The van der Waals surface area contributed by atoms with Crippen molar-refractivity contribution in [3.05, 3.63) is 35.4 Å². The van der Waals surface area contributed by atoms with Crippen LogP contribution >= 0.6 is 0 Å². The van der Waals surface area contributed by atoms with Crippen LogP contribution in [0.15, 0.2) is 24.3 Å². The van der Waals surface area contributed by atoms with Gasteiger partial charge in [-0.15, -0.1) is 0 Å². The number of carbonyl (C=O) groups is 2. The number of likely N-dealkylation sites (tertiary alicyclic amines) is 1. The standard InChI is InChI=1S/C23H33N3O2/c1-2-25-14-8-10-19(25)16-24-21(27)15-23(12-6-3-7-13-23)26-17-18-9-4-5-11-20(18)22(26)28/h4-5,9,11,19H,2-3,6-8,10,12-17H2,1H3,(H,24,27). The molecule has 28 heavy (non-hydrogen) atoms. The zero-order valence-electron chi connectivity index (χ0n) is 17.1. The Bertz CT molecular complexity index is 726. The van der Waals surface area contributed by atoms with E-state index >= 15 is 0 Å². The molecule has 4 rings (SSSR count). The van der Waals surface area contributed by atoms with Gasteiger partial charge in [-0.3, -0.25) is 14.5 Å². The Kier molecular flexibility index (Phi) is 5.72. The molecular weight excluding hydrogens is 350 g/mol. The maximum absolute atomic E-state index is 13.1. The second-order valence-electron chi connectivity index (χ2n) is 8.74. The van der Waals surface area contributed by atoms with Gasteiger partial charge in [0.1, 0.15) is 0 Å². The van der Waals surface area contributed by atoms with Gasteiger partial charge in [0.05, 0.1) is 5.54 Å². The second-order valence-corrected chi connectivity index (χ2v) is 8.74. The number of hydrogen-bond acceptors (Lipinski definition) is 3. The van der Waals surface area contributed by atoms with Crippen LogP contribution in [-0.4, -0.2) is 52.8 Å². The number of nitrogens with zero attached hydrogens (tertiary/aromatic N) is 2.